The second kappa shape index (κ2) is 10.6. The Kier molecular flexibility index (Phi) is 7.27. The van der Waals surface area contributed by atoms with E-state index in [0.29, 0.717) is 13.1 Å². The van der Waals surface area contributed by atoms with Gasteiger partial charge in [0.05, 0.1) is 24.8 Å². The molecule has 2 fully saturated rings. The summed E-state index contributed by atoms with van der Waals surface area (Å²) in [5, 5.41) is 13.9. The van der Waals surface area contributed by atoms with Crippen molar-refractivity contribution in [2.75, 3.05) is 19.8 Å². The lowest BCUT2D eigenvalue weighted by Gasteiger charge is -2.35. The molecule has 35 heavy (non-hydrogen) atoms. The highest BCUT2D eigenvalue weighted by atomic mass is 16.5. The van der Waals surface area contributed by atoms with E-state index < -0.39 is 0 Å². The Morgan fingerprint density at radius 1 is 1.14 bits per heavy atom. The van der Waals surface area contributed by atoms with Gasteiger partial charge in [-0.05, 0) is 72.5 Å². The first kappa shape index (κ1) is 24.1. The van der Waals surface area contributed by atoms with Crippen molar-refractivity contribution in [3.63, 3.8) is 0 Å². The van der Waals surface area contributed by atoms with Crippen molar-refractivity contribution >= 4 is 10.9 Å². The second-order valence-electron chi connectivity index (χ2n) is 10.3. The fraction of sp³-hybridized carbons (Fsp3) is 0.615. The number of tetrazole rings is 1. The fourth-order valence-electron chi connectivity index (χ4n) is 5.45. The minimum atomic E-state index is -0.0665. The molecule has 1 N–H and O–H groups in total. The summed E-state index contributed by atoms with van der Waals surface area (Å²) in [4.78, 5) is 18.5. The highest BCUT2D eigenvalue weighted by molar-refractivity contribution is 5.79. The Morgan fingerprint density at radius 2 is 1.91 bits per heavy atom. The zero-order valence-electron chi connectivity index (χ0n) is 20.9. The number of hydrogen-bond donors (Lipinski definition) is 1. The van der Waals surface area contributed by atoms with Gasteiger partial charge < -0.3 is 14.5 Å². The summed E-state index contributed by atoms with van der Waals surface area (Å²) < 4.78 is 13.8. The summed E-state index contributed by atoms with van der Waals surface area (Å²) >= 11 is 0. The average molecular weight is 481 g/mol. The van der Waals surface area contributed by atoms with Crippen LogP contribution in [0.4, 0.5) is 0 Å². The molecule has 9 nitrogen and oxygen atoms in total. The Morgan fingerprint density at radius 3 is 2.63 bits per heavy atom. The van der Waals surface area contributed by atoms with Gasteiger partial charge in [0.15, 0.2) is 5.82 Å². The number of hydrogen-bond acceptors (Lipinski definition) is 7. The standard InChI is InChI=1S/C26H36N6O3/c1-17(2)24(25-28-29-30-32(25)16-22-7-5-11-35-22)31(15-21-6-4-10-34-21)14-20-13-19-12-18(3)8-9-23(19)27-26(20)33/h8-9,12-13,17,21-22,24H,4-7,10-11,14-16H2,1-3H3,(H,27,33)/t21-,22+,24-/m0/s1. The van der Waals surface area contributed by atoms with Gasteiger partial charge >= 0.3 is 0 Å². The number of aryl methyl sites for hydroxylation is 1. The summed E-state index contributed by atoms with van der Waals surface area (Å²) in [6, 6.07) is 8.06. The molecule has 2 saturated heterocycles. The number of benzene rings is 1. The van der Waals surface area contributed by atoms with Crippen LogP contribution in [0, 0.1) is 12.8 Å². The zero-order valence-corrected chi connectivity index (χ0v) is 20.9. The minimum Gasteiger partial charge on any atom is -0.377 e. The van der Waals surface area contributed by atoms with E-state index in [-0.39, 0.29) is 29.7 Å². The summed E-state index contributed by atoms with van der Waals surface area (Å²) in [6.07, 6.45) is 4.47. The third-order valence-electron chi connectivity index (χ3n) is 7.16. The number of fused-ring (bicyclic) bond motifs is 1. The first-order chi connectivity index (χ1) is 17.0. The second-order valence-corrected chi connectivity index (χ2v) is 10.3. The van der Waals surface area contributed by atoms with Crippen LogP contribution >= 0.6 is 0 Å². The Labute approximate surface area is 205 Å². The van der Waals surface area contributed by atoms with Crippen LogP contribution in [0.15, 0.2) is 29.1 Å². The molecule has 5 rings (SSSR count). The van der Waals surface area contributed by atoms with Gasteiger partial charge in [-0.25, -0.2) is 4.68 Å². The lowest BCUT2D eigenvalue weighted by atomic mass is 9.99. The van der Waals surface area contributed by atoms with Crippen LogP contribution in [0.5, 0.6) is 0 Å². The van der Waals surface area contributed by atoms with Gasteiger partial charge in [0.2, 0.25) is 0 Å². The van der Waals surface area contributed by atoms with E-state index in [0.717, 1.165) is 67.7 Å². The lowest BCUT2D eigenvalue weighted by Crippen LogP contribution is -2.40. The van der Waals surface area contributed by atoms with E-state index in [4.69, 9.17) is 9.47 Å². The molecular formula is C26H36N6O3. The Bertz CT molecular complexity index is 1190. The SMILES string of the molecule is Cc1ccc2[nH]c(=O)c(CN(C[C@@H]3CCCO3)[C@H](c3nnnn3C[C@H]3CCCO3)C(C)C)cc2c1. The number of ether oxygens (including phenoxy) is 2. The predicted molar refractivity (Wildman–Crippen MR) is 133 cm³/mol. The number of aromatic amines is 1. The molecule has 0 amide bonds. The molecule has 0 radical (unpaired) electrons. The van der Waals surface area contributed by atoms with Crippen LogP contribution in [0.3, 0.4) is 0 Å². The molecule has 2 aliphatic rings. The number of nitrogens with zero attached hydrogens (tertiary/aromatic N) is 5. The highest BCUT2D eigenvalue weighted by Gasteiger charge is 2.33. The van der Waals surface area contributed by atoms with Crippen LogP contribution < -0.4 is 5.56 Å². The third kappa shape index (κ3) is 5.47. The maximum absolute atomic E-state index is 13.1. The summed E-state index contributed by atoms with van der Waals surface area (Å²) in [6.45, 7) is 9.89. The zero-order chi connectivity index (χ0) is 24.4. The molecule has 0 saturated carbocycles. The number of H-pyrrole nitrogens is 1. The van der Waals surface area contributed by atoms with E-state index in [9.17, 15) is 4.79 Å². The first-order valence-electron chi connectivity index (χ1n) is 12.8. The number of pyridine rings is 1. The molecule has 0 aliphatic carbocycles. The van der Waals surface area contributed by atoms with E-state index in [2.05, 4.69) is 52.2 Å². The number of rotatable bonds is 9. The highest BCUT2D eigenvalue weighted by Crippen LogP contribution is 2.31. The molecular weight excluding hydrogens is 444 g/mol. The van der Waals surface area contributed by atoms with E-state index in [1.165, 1.54) is 5.56 Å². The van der Waals surface area contributed by atoms with Crippen molar-refractivity contribution in [2.45, 2.75) is 77.8 Å². The van der Waals surface area contributed by atoms with E-state index in [1.54, 1.807) is 0 Å². The van der Waals surface area contributed by atoms with E-state index >= 15 is 0 Å². The van der Waals surface area contributed by atoms with Gasteiger partial charge in [-0.1, -0.05) is 25.5 Å². The maximum atomic E-state index is 13.1. The van der Waals surface area contributed by atoms with Crippen LogP contribution in [-0.2, 0) is 22.6 Å². The number of aromatic nitrogens is 5. The van der Waals surface area contributed by atoms with Crippen LogP contribution in [0.2, 0.25) is 0 Å². The summed E-state index contributed by atoms with van der Waals surface area (Å²) in [5.41, 5.74) is 2.71. The molecule has 2 aromatic heterocycles. The molecule has 1 aromatic carbocycles. The van der Waals surface area contributed by atoms with Gasteiger partial charge in [-0.3, -0.25) is 9.69 Å². The van der Waals surface area contributed by atoms with E-state index in [1.807, 2.05) is 22.9 Å². The average Bonchev–Trinajstić information content (AvgIpc) is 3.59. The molecule has 0 unspecified atom stereocenters. The van der Waals surface area contributed by atoms with Gasteiger partial charge in [0.25, 0.3) is 5.56 Å². The van der Waals surface area contributed by atoms with Crippen molar-refractivity contribution in [3.8, 4) is 0 Å². The molecule has 2 aliphatic heterocycles. The first-order valence-corrected chi connectivity index (χ1v) is 12.8. The molecule has 3 aromatic rings. The maximum Gasteiger partial charge on any atom is 0.252 e. The Hall–Kier alpha value is -2.62. The van der Waals surface area contributed by atoms with Gasteiger partial charge in [0, 0.05) is 37.4 Å². The van der Waals surface area contributed by atoms with Crippen molar-refractivity contribution < 1.29 is 9.47 Å². The Balaban J connectivity index is 1.49. The predicted octanol–water partition coefficient (Wildman–Crippen LogP) is 3.38. The van der Waals surface area contributed by atoms with Crippen LogP contribution in [0.25, 0.3) is 10.9 Å². The molecule has 0 spiro atoms. The molecule has 4 heterocycles. The van der Waals surface area contributed by atoms with Crippen molar-refractivity contribution in [1.29, 1.82) is 0 Å². The van der Waals surface area contributed by atoms with Gasteiger partial charge in [-0.2, -0.15) is 0 Å². The van der Waals surface area contributed by atoms with Crippen molar-refractivity contribution in [3.05, 3.63) is 51.6 Å². The number of nitrogens with one attached hydrogen (secondary N) is 1. The van der Waals surface area contributed by atoms with Crippen molar-refractivity contribution in [2.24, 2.45) is 5.92 Å². The van der Waals surface area contributed by atoms with Crippen LogP contribution in [-0.4, -0.2) is 62.1 Å². The molecule has 9 heteroatoms. The smallest absolute Gasteiger partial charge is 0.252 e. The fourth-order valence-corrected chi connectivity index (χ4v) is 5.45. The van der Waals surface area contributed by atoms with Crippen LogP contribution in [0.1, 0.15) is 62.5 Å². The van der Waals surface area contributed by atoms with Gasteiger partial charge in [-0.15, -0.1) is 5.10 Å². The quantitative estimate of drug-likeness (QED) is 0.501. The molecule has 3 atom stereocenters. The molecule has 0 bridgehead atoms. The largest absolute Gasteiger partial charge is 0.377 e. The summed E-state index contributed by atoms with van der Waals surface area (Å²) in [5.74, 6) is 1.05. The minimum absolute atomic E-state index is 0.0554. The monoisotopic (exact) mass is 480 g/mol. The van der Waals surface area contributed by atoms with Gasteiger partial charge in [0.1, 0.15) is 0 Å². The molecule has 188 valence electrons. The normalized spacial score (nSPS) is 21.5. The topological polar surface area (TPSA) is 98.2 Å². The summed E-state index contributed by atoms with van der Waals surface area (Å²) in [7, 11) is 0. The van der Waals surface area contributed by atoms with Crippen molar-refractivity contribution in [1.82, 2.24) is 30.1 Å². The third-order valence-corrected chi connectivity index (χ3v) is 7.16. The lowest BCUT2D eigenvalue weighted by molar-refractivity contribution is 0.0365.